The minimum Gasteiger partial charge on any atom is -0.493 e. The standard InChI is InChI=1S/C23H17Cl2N3O3/c24-16-7-5-15(6-8-16)13-28-20-4-2-1-3-19(20)22(23(28)30)27-26-21(29)14-31-18-11-9-17(25)10-12-18/h1-12,30H,13-14H2. The first-order valence-electron chi connectivity index (χ1n) is 9.39. The molecular formula is C23H17Cl2N3O3. The molecule has 0 bridgehead atoms. The first-order chi connectivity index (χ1) is 15.0. The number of nitrogens with zero attached hydrogens (tertiary/aromatic N) is 3. The van der Waals surface area contributed by atoms with Gasteiger partial charge in [0.1, 0.15) is 5.75 Å². The Morgan fingerprint density at radius 3 is 2.29 bits per heavy atom. The van der Waals surface area contributed by atoms with Gasteiger partial charge in [0.2, 0.25) is 5.88 Å². The minimum atomic E-state index is -0.580. The topological polar surface area (TPSA) is 76.2 Å². The summed E-state index contributed by atoms with van der Waals surface area (Å²) in [6.07, 6.45) is 0. The van der Waals surface area contributed by atoms with Gasteiger partial charge in [0.15, 0.2) is 12.3 Å². The molecule has 0 fully saturated rings. The Morgan fingerprint density at radius 1 is 0.935 bits per heavy atom. The van der Waals surface area contributed by atoms with E-state index in [1.165, 1.54) is 0 Å². The van der Waals surface area contributed by atoms with E-state index in [-0.39, 0.29) is 18.2 Å². The molecule has 0 unspecified atom stereocenters. The second-order valence-corrected chi connectivity index (χ2v) is 7.61. The van der Waals surface area contributed by atoms with Crippen LogP contribution in [0.1, 0.15) is 5.56 Å². The van der Waals surface area contributed by atoms with Crippen molar-refractivity contribution in [2.45, 2.75) is 6.54 Å². The van der Waals surface area contributed by atoms with Crippen molar-refractivity contribution in [2.24, 2.45) is 10.2 Å². The SMILES string of the molecule is O=C(COc1ccc(Cl)cc1)N=Nc1c(O)n(Cc2ccc(Cl)cc2)c2ccccc12. The van der Waals surface area contributed by atoms with Gasteiger partial charge in [0, 0.05) is 15.4 Å². The quantitative estimate of drug-likeness (QED) is 0.343. The predicted molar refractivity (Wildman–Crippen MR) is 121 cm³/mol. The lowest BCUT2D eigenvalue weighted by atomic mass is 10.2. The summed E-state index contributed by atoms with van der Waals surface area (Å²) in [6.45, 7) is 0.127. The fraction of sp³-hybridized carbons (Fsp3) is 0.0870. The zero-order valence-corrected chi connectivity index (χ0v) is 17.7. The highest BCUT2D eigenvalue weighted by Gasteiger charge is 2.17. The highest BCUT2D eigenvalue weighted by Crippen LogP contribution is 2.39. The number of ether oxygens (including phenoxy) is 1. The first-order valence-corrected chi connectivity index (χ1v) is 10.1. The van der Waals surface area contributed by atoms with Crippen LogP contribution < -0.4 is 4.74 Å². The maximum Gasteiger partial charge on any atom is 0.302 e. The number of amides is 1. The van der Waals surface area contributed by atoms with Gasteiger partial charge in [-0.1, -0.05) is 53.5 Å². The van der Waals surface area contributed by atoms with Crippen LogP contribution >= 0.6 is 23.2 Å². The van der Waals surface area contributed by atoms with Crippen LogP contribution in [0.4, 0.5) is 5.69 Å². The van der Waals surface area contributed by atoms with Gasteiger partial charge in [-0.25, -0.2) is 0 Å². The number of azo groups is 1. The third-order valence-electron chi connectivity index (χ3n) is 4.61. The number of fused-ring (bicyclic) bond motifs is 1. The molecule has 0 saturated heterocycles. The molecule has 1 heterocycles. The summed E-state index contributed by atoms with van der Waals surface area (Å²) in [6, 6.07) is 21.4. The number of aromatic hydroxyl groups is 1. The van der Waals surface area contributed by atoms with Crippen molar-refractivity contribution in [1.82, 2.24) is 4.57 Å². The molecule has 0 saturated carbocycles. The summed E-state index contributed by atoms with van der Waals surface area (Å²) < 4.78 is 7.09. The van der Waals surface area contributed by atoms with Crippen LogP contribution in [0.5, 0.6) is 11.6 Å². The van der Waals surface area contributed by atoms with E-state index >= 15 is 0 Å². The lowest BCUT2D eigenvalue weighted by Crippen LogP contribution is -2.07. The highest BCUT2D eigenvalue weighted by molar-refractivity contribution is 6.30. The molecule has 0 aliphatic heterocycles. The lowest BCUT2D eigenvalue weighted by Gasteiger charge is -2.07. The lowest BCUT2D eigenvalue weighted by molar-refractivity contribution is -0.120. The first kappa shape index (κ1) is 20.9. The maximum absolute atomic E-state index is 12.1. The van der Waals surface area contributed by atoms with E-state index < -0.39 is 5.91 Å². The number of rotatable bonds is 6. The van der Waals surface area contributed by atoms with Gasteiger partial charge in [0.05, 0.1) is 12.1 Å². The summed E-state index contributed by atoms with van der Waals surface area (Å²) in [4.78, 5) is 12.1. The average Bonchev–Trinajstić information content (AvgIpc) is 3.04. The van der Waals surface area contributed by atoms with Crippen LogP contribution in [-0.4, -0.2) is 22.2 Å². The molecule has 0 aliphatic carbocycles. The van der Waals surface area contributed by atoms with E-state index in [1.54, 1.807) is 41.0 Å². The Bertz CT molecular complexity index is 1250. The van der Waals surface area contributed by atoms with Crippen molar-refractivity contribution in [3.05, 3.63) is 88.4 Å². The number of hydrogen-bond donors (Lipinski definition) is 1. The zero-order chi connectivity index (χ0) is 21.8. The van der Waals surface area contributed by atoms with Gasteiger partial charge in [-0.2, -0.15) is 0 Å². The highest BCUT2D eigenvalue weighted by atomic mass is 35.5. The summed E-state index contributed by atoms with van der Waals surface area (Å²) in [5, 5.41) is 20.4. The van der Waals surface area contributed by atoms with Crippen molar-refractivity contribution < 1.29 is 14.6 Å². The van der Waals surface area contributed by atoms with Crippen molar-refractivity contribution in [3.8, 4) is 11.6 Å². The third-order valence-corrected chi connectivity index (χ3v) is 5.11. The van der Waals surface area contributed by atoms with Crippen LogP contribution in [0.15, 0.2) is 83.0 Å². The van der Waals surface area contributed by atoms with Crippen molar-refractivity contribution in [3.63, 3.8) is 0 Å². The van der Waals surface area contributed by atoms with E-state index in [4.69, 9.17) is 27.9 Å². The number of carbonyl (C=O) groups is 1. The van der Waals surface area contributed by atoms with E-state index in [1.807, 2.05) is 36.4 Å². The molecule has 0 spiro atoms. The van der Waals surface area contributed by atoms with Gasteiger partial charge in [-0.15, -0.1) is 10.2 Å². The van der Waals surface area contributed by atoms with Crippen LogP contribution in [0.25, 0.3) is 10.9 Å². The minimum absolute atomic E-state index is 0.0775. The van der Waals surface area contributed by atoms with E-state index in [2.05, 4.69) is 10.2 Å². The van der Waals surface area contributed by atoms with Crippen LogP contribution in [0.2, 0.25) is 10.0 Å². The van der Waals surface area contributed by atoms with Gasteiger partial charge in [-0.3, -0.25) is 4.79 Å². The summed E-state index contributed by atoms with van der Waals surface area (Å²) in [5.74, 6) is -0.162. The Morgan fingerprint density at radius 2 is 1.58 bits per heavy atom. The van der Waals surface area contributed by atoms with Crippen LogP contribution in [0.3, 0.4) is 0 Å². The molecule has 8 heteroatoms. The summed E-state index contributed by atoms with van der Waals surface area (Å²) in [7, 11) is 0. The second-order valence-electron chi connectivity index (χ2n) is 6.74. The number of para-hydroxylation sites is 1. The van der Waals surface area contributed by atoms with Crippen molar-refractivity contribution in [2.75, 3.05) is 6.61 Å². The molecule has 4 aromatic rings. The molecule has 31 heavy (non-hydrogen) atoms. The molecule has 1 aromatic heterocycles. The molecule has 1 amide bonds. The normalized spacial score (nSPS) is 11.3. The van der Waals surface area contributed by atoms with Gasteiger partial charge in [-0.05, 0) is 48.0 Å². The predicted octanol–water partition coefficient (Wildman–Crippen LogP) is 6.39. The van der Waals surface area contributed by atoms with E-state index in [9.17, 15) is 9.90 Å². The largest absolute Gasteiger partial charge is 0.493 e. The molecular weight excluding hydrogens is 437 g/mol. The summed E-state index contributed by atoms with van der Waals surface area (Å²) >= 11 is 11.8. The number of benzene rings is 3. The second kappa shape index (κ2) is 9.20. The van der Waals surface area contributed by atoms with Crippen LogP contribution in [0, 0.1) is 0 Å². The molecule has 156 valence electrons. The average molecular weight is 454 g/mol. The Labute approximate surface area is 188 Å². The number of halogens is 2. The Kier molecular flexibility index (Phi) is 6.21. The monoisotopic (exact) mass is 453 g/mol. The van der Waals surface area contributed by atoms with Crippen LogP contribution in [-0.2, 0) is 11.3 Å². The maximum atomic E-state index is 12.1. The third kappa shape index (κ3) is 4.87. The fourth-order valence-corrected chi connectivity index (χ4v) is 3.37. The molecule has 0 atom stereocenters. The number of carbonyl (C=O) groups excluding carboxylic acids is 1. The molecule has 1 N–H and O–H groups in total. The van der Waals surface area contributed by atoms with Crippen molar-refractivity contribution in [1.29, 1.82) is 0 Å². The molecule has 0 radical (unpaired) electrons. The Hall–Kier alpha value is -3.35. The molecule has 3 aromatic carbocycles. The van der Waals surface area contributed by atoms with E-state index in [0.29, 0.717) is 27.7 Å². The molecule has 6 nitrogen and oxygen atoms in total. The number of aromatic nitrogens is 1. The smallest absolute Gasteiger partial charge is 0.302 e. The zero-order valence-electron chi connectivity index (χ0n) is 16.2. The molecule has 0 aliphatic rings. The number of hydrogen-bond acceptors (Lipinski definition) is 4. The van der Waals surface area contributed by atoms with E-state index in [0.717, 1.165) is 11.1 Å². The molecule has 4 rings (SSSR count). The fourth-order valence-electron chi connectivity index (χ4n) is 3.11. The summed E-state index contributed by atoms with van der Waals surface area (Å²) in [5.41, 5.74) is 1.95. The van der Waals surface area contributed by atoms with Gasteiger partial charge < -0.3 is 14.4 Å². The van der Waals surface area contributed by atoms with Gasteiger partial charge in [0.25, 0.3) is 0 Å². The van der Waals surface area contributed by atoms with Crippen molar-refractivity contribution >= 4 is 45.7 Å². The Balaban J connectivity index is 1.55. The van der Waals surface area contributed by atoms with Gasteiger partial charge >= 0.3 is 5.91 Å².